The third kappa shape index (κ3) is 5.83. The van der Waals surface area contributed by atoms with Crippen LogP contribution in [0.25, 0.3) is 5.69 Å². The molecule has 39 heavy (non-hydrogen) atoms. The van der Waals surface area contributed by atoms with Gasteiger partial charge < -0.3 is 9.84 Å². The van der Waals surface area contributed by atoms with Crippen LogP contribution in [0.2, 0.25) is 5.02 Å². The minimum Gasteiger partial charge on any atom is -0.492 e. The molecule has 0 spiro atoms. The lowest BCUT2D eigenvalue weighted by Crippen LogP contribution is -2.35. The third-order valence-corrected chi connectivity index (χ3v) is 8.28. The molecule has 0 saturated heterocycles. The van der Waals surface area contributed by atoms with Crippen LogP contribution in [0.5, 0.6) is 5.88 Å². The Morgan fingerprint density at radius 3 is 2.36 bits per heavy atom. The lowest BCUT2D eigenvalue weighted by molar-refractivity contribution is 0.165. The summed E-state index contributed by atoms with van der Waals surface area (Å²) in [6, 6.07) is 16.5. The van der Waals surface area contributed by atoms with E-state index in [2.05, 4.69) is 4.98 Å². The molecule has 0 bridgehead atoms. The van der Waals surface area contributed by atoms with Gasteiger partial charge in [-0.15, -0.1) is 0 Å². The van der Waals surface area contributed by atoms with Gasteiger partial charge >= 0.3 is 0 Å². The summed E-state index contributed by atoms with van der Waals surface area (Å²) in [7, 11) is -3.02. The van der Waals surface area contributed by atoms with Crippen LogP contribution in [0.15, 0.2) is 92.3 Å². The number of halogens is 1. The number of rotatable bonds is 10. The Morgan fingerprint density at radius 1 is 1.03 bits per heavy atom. The van der Waals surface area contributed by atoms with Crippen molar-refractivity contribution < 1.29 is 18.3 Å². The number of hydrogen-bond acceptors (Lipinski definition) is 7. The summed E-state index contributed by atoms with van der Waals surface area (Å²) >= 11 is 6.00. The molecule has 0 aliphatic carbocycles. The SMILES string of the molecule is CCCCc1nc(O)c(S(=O)(=O)c2ccc(-n3cc(Cl)ccc3=O)cc2)c(=O)n1[C@@H](COC)c1ccccc1. The van der Waals surface area contributed by atoms with E-state index in [4.69, 9.17) is 16.3 Å². The molecule has 0 amide bonds. The molecule has 9 nitrogen and oxygen atoms in total. The van der Waals surface area contributed by atoms with Crippen LogP contribution in [0, 0.1) is 0 Å². The molecule has 2 aromatic carbocycles. The van der Waals surface area contributed by atoms with Gasteiger partial charge in [-0.25, -0.2) is 8.42 Å². The minimum absolute atomic E-state index is 0.0814. The number of aryl methyl sites for hydroxylation is 1. The third-order valence-electron chi connectivity index (χ3n) is 6.27. The second-order valence-corrected chi connectivity index (χ2v) is 11.2. The predicted molar refractivity (Wildman–Crippen MR) is 148 cm³/mol. The molecule has 0 unspecified atom stereocenters. The first kappa shape index (κ1) is 28.3. The molecule has 1 N–H and O–H groups in total. The topological polar surface area (TPSA) is 120 Å². The second-order valence-electron chi connectivity index (χ2n) is 8.89. The molecule has 4 rings (SSSR count). The number of benzene rings is 2. The Kier molecular flexibility index (Phi) is 8.69. The minimum atomic E-state index is -4.51. The maximum absolute atomic E-state index is 13.9. The molecule has 0 radical (unpaired) electrons. The maximum Gasteiger partial charge on any atom is 0.277 e. The first-order valence-corrected chi connectivity index (χ1v) is 14.2. The van der Waals surface area contributed by atoms with Gasteiger partial charge in [0, 0.05) is 31.5 Å². The summed E-state index contributed by atoms with van der Waals surface area (Å²) < 4.78 is 35.4. The van der Waals surface area contributed by atoms with E-state index in [-0.39, 0.29) is 22.9 Å². The van der Waals surface area contributed by atoms with Crippen molar-refractivity contribution in [3.05, 3.63) is 110 Å². The first-order valence-electron chi connectivity index (χ1n) is 12.3. The summed E-state index contributed by atoms with van der Waals surface area (Å²) in [4.78, 5) is 29.3. The average Bonchev–Trinajstić information content (AvgIpc) is 2.92. The van der Waals surface area contributed by atoms with Crippen molar-refractivity contribution in [1.82, 2.24) is 14.1 Å². The van der Waals surface area contributed by atoms with E-state index in [1.54, 1.807) is 0 Å². The Morgan fingerprint density at radius 2 is 1.72 bits per heavy atom. The van der Waals surface area contributed by atoms with Gasteiger partial charge in [0.2, 0.25) is 15.7 Å². The van der Waals surface area contributed by atoms with Gasteiger partial charge in [-0.1, -0.05) is 55.3 Å². The van der Waals surface area contributed by atoms with Crippen LogP contribution in [-0.4, -0.2) is 41.4 Å². The standard InChI is InChI=1S/C28H28ClN3O6S/c1-3-4-10-24-30-27(34)26(28(35)32(24)23(18-38-2)19-8-6-5-7-9-19)39(36,37)22-14-12-21(13-15-22)31-17-20(29)11-16-25(31)33/h5-9,11-17,23,34H,3-4,10,18H2,1-2H3/t23-/m0/s1. The molecular weight excluding hydrogens is 542 g/mol. The van der Waals surface area contributed by atoms with Gasteiger partial charge in [0.15, 0.2) is 4.90 Å². The zero-order valence-corrected chi connectivity index (χ0v) is 23.0. The fourth-order valence-electron chi connectivity index (χ4n) is 4.34. The smallest absolute Gasteiger partial charge is 0.277 e. The zero-order chi connectivity index (χ0) is 28.2. The molecule has 1 atom stereocenters. The van der Waals surface area contributed by atoms with E-state index in [0.29, 0.717) is 23.6 Å². The largest absolute Gasteiger partial charge is 0.492 e. The van der Waals surface area contributed by atoms with Gasteiger partial charge in [0.05, 0.1) is 22.6 Å². The molecule has 4 aromatic rings. The molecule has 0 fully saturated rings. The highest BCUT2D eigenvalue weighted by atomic mass is 35.5. The van der Waals surface area contributed by atoms with Crippen molar-refractivity contribution in [3.8, 4) is 11.6 Å². The highest BCUT2D eigenvalue weighted by molar-refractivity contribution is 7.91. The summed E-state index contributed by atoms with van der Waals surface area (Å²) in [6.45, 7) is 2.06. The Bertz CT molecular complexity index is 1680. The normalized spacial score (nSPS) is 12.4. The summed E-state index contributed by atoms with van der Waals surface area (Å²) in [5, 5.41) is 11.1. The molecule has 0 aliphatic rings. The molecular formula is C28H28ClN3O6S. The van der Waals surface area contributed by atoms with E-state index in [1.807, 2.05) is 37.3 Å². The Labute approximate surface area is 230 Å². The van der Waals surface area contributed by atoms with E-state index >= 15 is 0 Å². The number of pyridine rings is 1. The van der Waals surface area contributed by atoms with Crippen molar-refractivity contribution in [1.29, 1.82) is 0 Å². The quantitative estimate of drug-likeness (QED) is 0.304. The van der Waals surface area contributed by atoms with E-state index in [9.17, 15) is 23.1 Å². The van der Waals surface area contributed by atoms with Gasteiger partial charge in [-0.2, -0.15) is 4.98 Å². The zero-order valence-electron chi connectivity index (χ0n) is 21.5. The van der Waals surface area contributed by atoms with Crippen molar-refractivity contribution in [2.24, 2.45) is 0 Å². The van der Waals surface area contributed by atoms with Crippen LogP contribution in [-0.2, 0) is 21.0 Å². The lowest BCUT2D eigenvalue weighted by atomic mass is 10.1. The van der Waals surface area contributed by atoms with E-state index in [0.717, 1.165) is 12.0 Å². The lowest BCUT2D eigenvalue weighted by Gasteiger charge is -2.24. The highest BCUT2D eigenvalue weighted by Gasteiger charge is 2.32. The average molecular weight is 570 g/mol. The number of methoxy groups -OCH3 is 1. The predicted octanol–water partition coefficient (Wildman–Crippen LogP) is 4.16. The molecule has 2 heterocycles. The van der Waals surface area contributed by atoms with Crippen LogP contribution in [0.4, 0.5) is 0 Å². The fourth-order valence-corrected chi connectivity index (χ4v) is 5.84. The number of sulfone groups is 1. The summed E-state index contributed by atoms with van der Waals surface area (Å²) in [5.41, 5.74) is -0.145. The number of unbranched alkanes of at least 4 members (excludes halogenated alkanes) is 1. The van der Waals surface area contributed by atoms with E-state index < -0.39 is 32.2 Å². The monoisotopic (exact) mass is 569 g/mol. The number of aromatic hydroxyl groups is 1. The van der Waals surface area contributed by atoms with Crippen LogP contribution < -0.4 is 11.1 Å². The van der Waals surface area contributed by atoms with Gasteiger partial charge in [0.1, 0.15) is 5.82 Å². The van der Waals surface area contributed by atoms with Gasteiger partial charge in [0.25, 0.3) is 11.1 Å². The summed E-state index contributed by atoms with van der Waals surface area (Å²) in [5.74, 6) is -0.596. The van der Waals surface area contributed by atoms with Crippen LogP contribution in [0.1, 0.15) is 37.2 Å². The molecule has 11 heteroatoms. The van der Waals surface area contributed by atoms with Crippen molar-refractivity contribution in [2.75, 3.05) is 13.7 Å². The maximum atomic E-state index is 13.9. The van der Waals surface area contributed by atoms with Gasteiger partial charge in [-0.05, 0) is 42.3 Å². The fraction of sp³-hybridized carbons (Fsp3) is 0.250. The van der Waals surface area contributed by atoms with E-state index in [1.165, 1.54) is 58.8 Å². The number of nitrogens with zero attached hydrogens (tertiary/aromatic N) is 3. The number of ether oxygens (including phenoxy) is 1. The summed E-state index contributed by atoms with van der Waals surface area (Å²) in [6.07, 6.45) is 3.25. The van der Waals surface area contributed by atoms with Crippen molar-refractivity contribution in [3.63, 3.8) is 0 Å². The molecule has 204 valence electrons. The van der Waals surface area contributed by atoms with Crippen molar-refractivity contribution in [2.45, 2.75) is 42.0 Å². The number of aromatic nitrogens is 3. The number of hydrogen-bond donors (Lipinski definition) is 1. The Hall–Kier alpha value is -3.73. The van der Waals surface area contributed by atoms with Crippen LogP contribution >= 0.6 is 11.6 Å². The first-order chi connectivity index (χ1) is 18.7. The molecule has 0 saturated carbocycles. The molecule has 2 aromatic heterocycles. The van der Waals surface area contributed by atoms with Crippen molar-refractivity contribution >= 4 is 21.4 Å². The second kappa shape index (κ2) is 12.0. The van der Waals surface area contributed by atoms with Crippen LogP contribution in [0.3, 0.4) is 0 Å². The highest BCUT2D eigenvalue weighted by Crippen LogP contribution is 2.28. The Balaban J connectivity index is 1.88. The van der Waals surface area contributed by atoms with Gasteiger partial charge in [-0.3, -0.25) is 18.7 Å². The molecule has 0 aliphatic heterocycles.